The predicted octanol–water partition coefficient (Wildman–Crippen LogP) is 3.59. The standard InChI is InChI=1S/C11H14N2S/c1-3-4-8(2)10-5-9-6-12-7-13-11(9)14-10/h5-8H,3-4H2,1-2H3. The Morgan fingerprint density at radius 2 is 2.36 bits per heavy atom. The van der Waals surface area contributed by atoms with Gasteiger partial charge in [0.05, 0.1) is 0 Å². The Morgan fingerprint density at radius 1 is 1.50 bits per heavy atom. The first-order valence-corrected chi connectivity index (χ1v) is 5.82. The van der Waals surface area contributed by atoms with Crippen LogP contribution in [-0.4, -0.2) is 9.97 Å². The van der Waals surface area contributed by atoms with Crippen LogP contribution in [0.25, 0.3) is 10.2 Å². The van der Waals surface area contributed by atoms with Gasteiger partial charge in [0.2, 0.25) is 0 Å². The van der Waals surface area contributed by atoms with Gasteiger partial charge in [-0.05, 0) is 18.4 Å². The third-order valence-electron chi connectivity index (χ3n) is 2.42. The molecule has 3 heteroatoms. The summed E-state index contributed by atoms with van der Waals surface area (Å²) in [5.41, 5.74) is 0. The molecule has 0 amide bonds. The Hall–Kier alpha value is -0.960. The lowest BCUT2D eigenvalue weighted by Crippen LogP contribution is -1.87. The molecule has 2 heterocycles. The first-order valence-electron chi connectivity index (χ1n) is 5.00. The molecule has 0 aliphatic carbocycles. The van der Waals surface area contributed by atoms with Crippen molar-refractivity contribution in [2.45, 2.75) is 32.6 Å². The molecule has 1 unspecified atom stereocenters. The van der Waals surface area contributed by atoms with Crippen molar-refractivity contribution >= 4 is 21.6 Å². The SMILES string of the molecule is CCCC(C)c1cc2cncnc2s1. The minimum absolute atomic E-state index is 0.652. The summed E-state index contributed by atoms with van der Waals surface area (Å²) in [6.07, 6.45) is 6.00. The van der Waals surface area contributed by atoms with Gasteiger partial charge in [-0.3, -0.25) is 0 Å². The van der Waals surface area contributed by atoms with E-state index in [4.69, 9.17) is 0 Å². The number of fused-ring (bicyclic) bond motifs is 1. The molecule has 0 radical (unpaired) electrons. The maximum absolute atomic E-state index is 4.25. The number of thiophene rings is 1. The Balaban J connectivity index is 2.35. The zero-order valence-corrected chi connectivity index (χ0v) is 9.34. The fourth-order valence-electron chi connectivity index (χ4n) is 1.63. The second-order valence-corrected chi connectivity index (χ2v) is 4.68. The first-order chi connectivity index (χ1) is 6.81. The van der Waals surface area contributed by atoms with Crippen LogP contribution in [0.1, 0.15) is 37.5 Å². The molecular formula is C11H14N2S. The van der Waals surface area contributed by atoms with E-state index < -0.39 is 0 Å². The second-order valence-electron chi connectivity index (χ2n) is 3.62. The summed E-state index contributed by atoms with van der Waals surface area (Å²) in [4.78, 5) is 10.8. The maximum atomic E-state index is 4.25. The molecule has 0 bridgehead atoms. The normalized spacial score (nSPS) is 13.3. The van der Waals surface area contributed by atoms with Crippen molar-refractivity contribution in [3.8, 4) is 0 Å². The van der Waals surface area contributed by atoms with E-state index in [1.54, 1.807) is 17.7 Å². The van der Waals surface area contributed by atoms with Gasteiger partial charge in [0.25, 0.3) is 0 Å². The molecule has 2 rings (SSSR count). The number of hydrogen-bond acceptors (Lipinski definition) is 3. The third kappa shape index (κ3) is 1.77. The number of hydrogen-bond donors (Lipinski definition) is 0. The molecule has 2 aromatic heterocycles. The number of aromatic nitrogens is 2. The Morgan fingerprint density at radius 3 is 3.07 bits per heavy atom. The smallest absolute Gasteiger partial charge is 0.126 e. The number of nitrogens with zero attached hydrogens (tertiary/aromatic N) is 2. The minimum atomic E-state index is 0.652. The highest BCUT2D eigenvalue weighted by atomic mass is 32.1. The molecule has 0 saturated carbocycles. The highest BCUT2D eigenvalue weighted by Gasteiger charge is 2.08. The molecule has 0 fully saturated rings. The van der Waals surface area contributed by atoms with Crippen LogP contribution in [0.2, 0.25) is 0 Å². The lowest BCUT2D eigenvalue weighted by atomic mass is 10.0. The van der Waals surface area contributed by atoms with Crippen molar-refractivity contribution in [1.29, 1.82) is 0 Å². The topological polar surface area (TPSA) is 25.8 Å². The average Bonchev–Trinajstić information content (AvgIpc) is 2.61. The molecule has 2 nitrogen and oxygen atoms in total. The van der Waals surface area contributed by atoms with Gasteiger partial charge in [-0.1, -0.05) is 20.3 Å². The van der Waals surface area contributed by atoms with E-state index in [0.717, 1.165) is 4.83 Å². The predicted molar refractivity (Wildman–Crippen MR) is 60.7 cm³/mol. The monoisotopic (exact) mass is 206 g/mol. The molecule has 0 aliphatic rings. The molecule has 74 valence electrons. The van der Waals surface area contributed by atoms with Crippen molar-refractivity contribution in [2.24, 2.45) is 0 Å². The van der Waals surface area contributed by atoms with Gasteiger partial charge in [0.1, 0.15) is 11.2 Å². The fraction of sp³-hybridized carbons (Fsp3) is 0.455. The van der Waals surface area contributed by atoms with Crippen LogP contribution in [0.15, 0.2) is 18.6 Å². The van der Waals surface area contributed by atoms with Crippen molar-refractivity contribution in [3.05, 3.63) is 23.5 Å². The molecular weight excluding hydrogens is 192 g/mol. The molecule has 2 aromatic rings. The van der Waals surface area contributed by atoms with E-state index in [-0.39, 0.29) is 0 Å². The summed E-state index contributed by atoms with van der Waals surface area (Å²) in [5, 5.41) is 1.18. The minimum Gasteiger partial charge on any atom is -0.244 e. The average molecular weight is 206 g/mol. The largest absolute Gasteiger partial charge is 0.244 e. The van der Waals surface area contributed by atoms with Crippen molar-refractivity contribution < 1.29 is 0 Å². The van der Waals surface area contributed by atoms with Crippen LogP contribution in [0.3, 0.4) is 0 Å². The van der Waals surface area contributed by atoms with Crippen molar-refractivity contribution in [3.63, 3.8) is 0 Å². The van der Waals surface area contributed by atoms with E-state index >= 15 is 0 Å². The summed E-state index contributed by atoms with van der Waals surface area (Å²) in [5.74, 6) is 0.652. The highest BCUT2D eigenvalue weighted by molar-refractivity contribution is 7.18. The lowest BCUT2D eigenvalue weighted by molar-refractivity contribution is 0.675. The molecule has 0 N–H and O–H groups in total. The molecule has 0 spiro atoms. The highest BCUT2D eigenvalue weighted by Crippen LogP contribution is 2.31. The van der Waals surface area contributed by atoms with Gasteiger partial charge in [0.15, 0.2) is 0 Å². The summed E-state index contributed by atoms with van der Waals surface area (Å²) < 4.78 is 0. The second kappa shape index (κ2) is 4.05. The van der Waals surface area contributed by atoms with Crippen LogP contribution >= 0.6 is 11.3 Å². The van der Waals surface area contributed by atoms with Gasteiger partial charge in [0, 0.05) is 16.5 Å². The fourth-order valence-corrected chi connectivity index (χ4v) is 2.68. The summed E-state index contributed by atoms with van der Waals surface area (Å²) in [6.45, 7) is 4.51. The van der Waals surface area contributed by atoms with Gasteiger partial charge in [-0.2, -0.15) is 0 Å². The van der Waals surface area contributed by atoms with Crippen LogP contribution in [0.5, 0.6) is 0 Å². The maximum Gasteiger partial charge on any atom is 0.126 e. The van der Waals surface area contributed by atoms with E-state index in [1.165, 1.54) is 23.1 Å². The quantitative estimate of drug-likeness (QED) is 0.767. The van der Waals surface area contributed by atoms with Gasteiger partial charge in [-0.15, -0.1) is 11.3 Å². The van der Waals surface area contributed by atoms with E-state index in [9.17, 15) is 0 Å². The van der Waals surface area contributed by atoms with Crippen LogP contribution in [-0.2, 0) is 0 Å². The van der Waals surface area contributed by atoms with E-state index in [2.05, 4.69) is 29.9 Å². The van der Waals surface area contributed by atoms with Crippen LogP contribution < -0.4 is 0 Å². The molecule has 1 atom stereocenters. The number of rotatable bonds is 3. The molecule has 0 saturated heterocycles. The third-order valence-corrected chi connectivity index (χ3v) is 3.71. The van der Waals surface area contributed by atoms with Crippen molar-refractivity contribution in [2.75, 3.05) is 0 Å². The van der Waals surface area contributed by atoms with Crippen LogP contribution in [0.4, 0.5) is 0 Å². The molecule has 0 aliphatic heterocycles. The zero-order valence-electron chi connectivity index (χ0n) is 8.53. The Labute approximate surface area is 88.0 Å². The van der Waals surface area contributed by atoms with E-state index in [1.807, 2.05) is 6.20 Å². The summed E-state index contributed by atoms with van der Waals surface area (Å²) in [7, 11) is 0. The molecule has 0 aromatic carbocycles. The Bertz CT molecular complexity index is 389. The van der Waals surface area contributed by atoms with E-state index in [0.29, 0.717) is 5.92 Å². The zero-order chi connectivity index (χ0) is 9.97. The lowest BCUT2D eigenvalue weighted by Gasteiger charge is -2.05. The summed E-state index contributed by atoms with van der Waals surface area (Å²) >= 11 is 1.79. The Kier molecular flexibility index (Phi) is 2.77. The van der Waals surface area contributed by atoms with Crippen molar-refractivity contribution in [1.82, 2.24) is 9.97 Å². The first kappa shape index (κ1) is 9.59. The summed E-state index contributed by atoms with van der Waals surface area (Å²) in [6, 6.07) is 2.22. The van der Waals surface area contributed by atoms with Gasteiger partial charge < -0.3 is 0 Å². The van der Waals surface area contributed by atoms with Crippen LogP contribution in [0, 0.1) is 0 Å². The van der Waals surface area contributed by atoms with Gasteiger partial charge in [-0.25, -0.2) is 9.97 Å². The van der Waals surface area contributed by atoms with Gasteiger partial charge >= 0.3 is 0 Å². The molecule has 14 heavy (non-hydrogen) atoms.